The van der Waals surface area contributed by atoms with Crippen LogP contribution in [0.4, 0.5) is 5.82 Å². The topological polar surface area (TPSA) is 84.0 Å². The number of nitrogens with one attached hydrogen (secondary N) is 1. The second-order valence-corrected chi connectivity index (χ2v) is 4.00. The smallest absolute Gasteiger partial charge is 0.158 e. The fraction of sp³-hybridized carbons (Fsp3) is 0.308. The van der Waals surface area contributed by atoms with Crippen molar-refractivity contribution in [2.75, 3.05) is 19.0 Å². The number of rotatable bonds is 5. The Morgan fingerprint density at radius 3 is 2.79 bits per heavy atom. The molecule has 0 amide bonds. The number of furan rings is 1. The van der Waals surface area contributed by atoms with Crippen LogP contribution in [-0.2, 0) is 4.74 Å². The van der Waals surface area contributed by atoms with Gasteiger partial charge in [-0.2, -0.15) is 5.26 Å². The van der Waals surface area contributed by atoms with Gasteiger partial charge in [-0.1, -0.05) is 0 Å². The molecule has 0 aromatic carbocycles. The van der Waals surface area contributed by atoms with Gasteiger partial charge in [-0.05, 0) is 19.1 Å². The van der Waals surface area contributed by atoms with E-state index in [9.17, 15) is 0 Å². The zero-order valence-corrected chi connectivity index (χ0v) is 10.8. The van der Waals surface area contributed by atoms with E-state index < -0.39 is 0 Å². The molecule has 2 heterocycles. The van der Waals surface area contributed by atoms with Crippen molar-refractivity contribution in [2.24, 2.45) is 0 Å². The average Bonchev–Trinajstić information content (AvgIpc) is 2.86. The maximum Gasteiger partial charge on any atom is 0.158 e. The minimum Gasteiger partial charge on any atom is -0.464 e. The molecule has 0 aliphatic rings. The van der Waals surface area contributed by atoms with Gasteiger partial charge < -0.3 is 14.5 Å². The minimum atomic E-state index is -0.152. The highest BCUT2D eigenvalue weighted by molar-refractivity contribution is 5.36. The van der Waals surface area contributed by atoms with Gasteiger partial charge in [0.15, 0.2) is 5.69 Å². The van der Waals surface area contributed by atoms with E-state index in [1.807, 2.05) is 25.1 Å². The van der Waals surface area contributed by atoms with Gasteiger partial charge in [0.25, 0.3) is 0 Å². The molecule has 2 rings (SSSR count). The van der Waals surface area contributed by atoms with Crippen molar-refractivity contribution in [1.82, 2.24) is 9.97 Å². The second kappa shape index (κ2) is 5.98. The average molecular weight is 258 g/mol. The van der Waals surface area contributed by atoms with Crippen molar-refractivity contribution in [2.45, 2.75) is 13.0 Å². The fourth-order valence-corrected chi connectivity index (χ4v) is 1.64. The van der Waals surface area contributed by atoms with E-state index in [-0.39, 0.29) is 11.7 Å². The molecule has 6 nitrogen and oxygen atoms in total. The summed E-state index contributed by atoms with van der Waals surface area (Å²) >= 11 is 0. The lowest BCUT2D eigenvalue weighted by Crippen LogP contribution is -2.16. The number of nitriles is 1. The van der Waals surface area contributed by atoms with Crippen LogP contribution in [0.15, 0.2) is 28.9 Å². The van der Waals surface area contributed by atoms with Crippen molar-refractivity contribution in [1.29, 1.82) is 5.26 Å². The van der Waals surface area contributed by atoms with Gasteiger partial charge in [-0.25, -0.2) is 9.97 Å². The lowest BCUT2D eigenvalue weighted by atomic mass is 10.2. The molecule has 0 bridgehead atoms. The first-order valence-corrected chi connectivity index (χ1v) is 5.77. The van der Waals surface area contributed by atoms with Crippen LogP contribution in [0.2, 0.25) is 0 Å². The van der Waals surface area contributed by atoms with Crippen molar-refractivity contribution in [3.8, 4) is 6.07 Å². The number of hydrogen-bond donors (Lipinski definition) is 1. The second-order valence-electron chi connectivity index (χ2n) is 4.00. The van der Waals surface area contributed by atoms with Gasteiger partial charge in [-0.15, -0.1) is 0 Å². The zero-order chi connectivity index (χ0) is 13.7. The largest absolute Gasteiger partial charge is 0.464 e. The van der Waals surface area contributed by atoms with Crippen LogP contribution < -0.4 is 5.32 Å². The molecule has 0 radical (unpaired) electrons. The molecular formula is C13H14N4O2. The SMILES string of the molecule is COCC(Nc1cnc(C#N)cn1)c1ccc(C)o1. The van der Waals surface area contributed by atoms with E-state index in [1.165, 1.54) is 12.4 Å². The highest BCUT2D eigenvalue weighted by Gasteiger charge is 2.15. The third-order valence-electron chi connectivity index (χ3n) is 2.53. The van der Waals surface area contributed by atoms with Gasteiger partial charge in [0.05, 0.1) is 19.0 Å². The third kappa shape index (κ3) is 3.30. The van der Waals surface area contributed by atoms with Gasteiger partial charge in [0.1, 0.15) is 29.4 Å². The summed E-state index contributed by atoms with van der Waals surface area (Å²) in [6.07, 6.45) is 2.93. The molecule has 0 fully saturated rings. The predicted octanol–water partition coefficient (Wildman–Crippen LogP) is 2.05. The molecule has 98 valence electrons. The summed E-state index contributed by atoms with van der Waals surface area (Å²) in [5, 5.41) is 11.8. The Morgan fingerprint density at radius 2 is 2.26 bits per heavy atom. The lowest BCUT2D eigenvalue weighted by molar-refractivity contribution is 0.178. The van der Waals surface area contributed by atoms with Crippen LogP contribution >= 0.6 is 0 Å². The summed E-state index contributed by atoms with van der Waals surface area (Å²) < 4.78 is 10.7. The number of ether oxygens (including phenoxy) is 1. The maximum absolute atomic E-state index is 8.67. The Balaban J connectivity index is 2.14. The Hall–Kier alpha value is -2.39. The zero-order valence-electron chi connectivity index (χ0n) is 10.8. The monoisotopic (exact) mass is 258 g/mol. The van der Waals surface area contributed by atoms with E-state index >= 15 is 0 Å². The number of aryl methyl sites for hydroxylation is 1. The van der Waals surface area contributed by atoms with Crippen LogP contribution in [0.25, 0.3) is 0 Å². The minimum absolute atomic E-state index is 0.152. The maximum atomic E-state index is 8.67. The van der Waals surface area contributed by atoms with Crippen molar-refractivity contribution >= 4 is 5.82 Å². The molecular weight excluding hydrogens is 244 g/mol. The van der Waals surface area contributed by atoms with Gasteiger partial charge >= 0.3 is 0 Å². The third-order valence-corrected chi connectivity index (χ3v) is 2.53. The molecule has 2 aromatic rings. The Labute approximate surface area is 111 Å². The van der Waals surface area contributed by atoms with Crippen molar-refractivity contribution in [3.05, 3.63) is 41.7 Å². The normalized spacial score (nSPS) is 11.8. The van der Waals surface area contributed by atoms with Gasteiger partial charge in [-0.3, -0.25) is 0 Å². The number of nitrogens with zero attached hydrogens (tertiary/aromatic N) is 3. The van der Waals surface area contributed by atoms with Gasteiger partial charge in [0.2, 0.25) is 0 Å². The summed E-state index contributed by atoms with van der Waals surface area (Å²) in [5.74, 6) is 2.17. The first kappa shape index (κ1) is 13.1. The Morgan fingerprint density at radius 1 is 1.42 bits per heavy atom. The van der Waals surface area contributed by atoms with Crippen molar-refractivity contribution < 1.29 is 9.15 Å². The number of methoxy groups -OCH3 is 1. The molecule has 1 atom stereocenters. The molecule has 0 saturated heterocycles. The lowest BCUT2D eigenvalue weighted by Gasteiger charge is -2.15. The number of anilines is 1. The van der Waals surface area contributed by atoms with E-state index in [0.717, 1.165) is 11.5 Å². The summed E-state index contributed by atoms with van der Waals surface area (Å²) in [6.45, 7) is 2.32. The van der Waals surface area contributed by atoms with E-state index in [1.54, 1.807) is 7.11 Å². The van der Waals surface area contributed by atoms with Crippen LogP contribution in [-0.4, -0.2) is 23.7 Å². The summed E-state index contributed by atoms with van der Waals surface area (Å²) in [5.41, 5.74) is 0.280. The Bertz CT molecular complexity index is 571. The number of aromatic nitrogens is 2. The van der Waals surface area contributed by atoms with E-state index in [0.29, 0.717) is 12.4 Å². The standard InChI is InChI=1S/C13H14N4O2/c1-9-3-4-12(19-9)11(8-18-2)17-13-7-15-10(5-14)6-16-13/h3-4,6-7,11H,8H2,1-2H3,(H,16,17). The molecule has 0 saturated carbocycles. The van der Waals surface area contributed by atoms with Crippen LogP contribution in [0.1, 0.15) is 23.3 Å². The molecule has 1 unspecified atom stereocenters. The molecule has 1 N–H and O–H groups in total. The molecule has 0 spiro atoms. The summed E-state index contributed by atoms with van der Waals surface area (Å²) in [6, 6.07) is 5.56. The highest BCUT2D eigenvalue weighted by Crippen LogP contribution is 2.20. The van der Waals surface area contributed by atoms with Crippen LogP contribution in [0.5, 0.6) is 0 Å². The molecule has 2 aromatic heterocycles. The predicted molar refractivity (Wildman–Crippen MR) is 68.4 cm³/mol. The van der Waals surface area contributed by atoms with Gasteiger partial charge in [0, 0.05) is 7.11 Å². The highest BCUT2D eigenvalue weighted by atomic mass is 16.5. The molecule has 6 heteroatoms. The molecule has 19 heavy (non-hydrogen) atoms. The van der Waals surface area contributed by atoms with Crippen molar-refractivity contribution in [3.63, 3.8) is 0 Å². The fourth-order valence-electron chi connectivity index (χ4n) is 1.64. The molecule has 0 aliphatic carbocycles. The van der Waals surface area contributed by atoms with Crippen LogP contribution in [0.3, 0.4) is 0 Å². The first-order chi connectivity index (χ1) is 9.22. The Kier molecular flexibility index (Phi) is 4.11. The number of hydrogen-bond acceptors (Lipinski definition) is 6. The quantitative estimate of drug-likeness (QED) is 0.883. The summed E-state index contributed by atoms with van der Waals surface area (Å²) in [7, 11) is 1.62. The van der Waals surface area contributed by atoms with E-state index in [4.69, 9.17) is 14.4 Å². The van der Waals surface area contributed by atoms with Crippen LogP contribution in [0, 0.1) is 18.3 Å². The first-order valence-electron chi connectivity index (χ1n) is 5.77. The molecule has 0 aliphatic heterocycles. The summed E-state index contributed by atoms with van der Waals surface area (Å²) in [4.78, 5) is 8.06. The van der Waals surface area contributed by atoms with E-state index in [2.05, 4.69) is 15.3 Å².